The first-order chi connectivity index (χ1) is 15.4. The van der Waals surface area contributed by atoms with Gasteiger partial charge in [0.2, 0.25) is 0 Å². The lowest BCUT2D eigenvalue weighted by Crippen LogP contribution is -2.46. The van der Waals surface area contributed by atoms with E-state index in [-0.39, 0.29) is 0 Å². The third kappa shape index (κ3) is 4.44. The van der Waals surface area contributed by atoms with Gasteiger partial charge in [-0.25, -0.2) is 0 Å². The molecular weight excluding hydrogens is 420 g/mol. The standard InChI is InChI=1S/C27H26O4S/c1-26(2)30-24(28)23(25(29)31-26)18-19-32-27(20-12-6-3-7-13-20,21-14-8-4-9-15-21)22-16-10-5-11-17-22/h3-17,23H,18-19H2,1-2H3. The van der Waals surface area contributed by atoms with Crippen molar-refractivity contribution in [3.05, 3.63) is 108 Å². The number of carbonyl (C=O) groups excluding carboxylic acids is 2. The minimum Gasteiger partial charge on any atom is -0.422 e. The predicted molar refractivity (Wildman–Crippen MR) is 126 cm³/mol. The topological polar surface area (TPSA) is 52.6 Å². The molecule has 0 aliphatic carbocycles. The number of carbonyl (C=O) groups is 2. The van der Waals surface area contributed by atoms with Crippen LogP contribution in [0.2, 0.25) is 0 Å². The summed E-state index contributed by atoms with van der Waals surface area (Å²) >= 11 is 1.71. The zero-order chi connectivity index (χ0) is 22.6. The molecule has 1 saturated heterocycles. The van der Waals surface area contributed by atoms with Crippen LogP contribution in [0.15, 0.2) is 91.0 Å². The van der Waals surface area contributed by atoms with Crippen LogP contribution in [0.5, 0.6) is 0 Å². The van der Waals surface area contributed by atoms with Gasteiger partial charge in [0.1, 0.15) is 0 Å². The fourth-order valence-electron chi connectivity index (χ4n) is 4.08. The molecule has 3 aromatic carbocycles. The summed E-state index contributed by atoms with van der Waals surface area (Å²) in [5, 5.41) is 0. The largest absolute Gasteiger partial charge is 0.422 e. The molecule has 1 fully saturated rings. The van der Waals surface area contributed by atoms with Gasteiger partial charge in [-0.2, -0.15) is 0 Å². The average molecular weight is 447 g/mol. The molecule has 0 atom stereocenters. The number of benzene rings is 3. The predicted octanol–water partition coefficient (Wildman–Crippen LogP) is 5.55. The number of ether oxygens (including phenoxy) is 2. The molecule has 0 amide bonds. The molecule has 4 nitrogen and oxygen atoms in total. The van der Waals surface area contributed by atoms with Crippen LogP contribution in [0, 0.1) is 5.92 Å². The van der Waals surface area contributed by atoms with E-state index in [9.17, 15) is 9.59 Å². The molecule has 0 bridgehead atoms. The molecule has 3 aromatic rings. The quantitative estimate of drug-likeness (QED) is 0.270. The normalized spacial score (nSPS) is 16.3. The van der Waals surface area contributed by atoms with Crippen LogP contribution in [0.25, 0.3) is 0 Å². The molecule has 164 valence electrons. The van der Waals surface area contributed by atoms with E-state index in [0.29, 0.717) is 12.2 Å². The second-order valence-corrected chi connectivity index (χ2v) is 9.52. The third-order valence-electron chi connectivity index (χ3n) is 5.53. The number of cyclic esters (lactones) is 2. The van der Waals surface area contributed by atoms with Gasteiger partial charge >= 0.3 is 11.9 Å². The van der Waals surface area contributed by atoms with Gasteiger partial charge in [0.15, 0.2) is 5.92 Å². The fraction of sp³-hybridized carbons (Fsp3) is 0.259. The highest BCUT2D eigenvalue weighted by molar-refractivity contribution is 8.00. The third-order valence-corrected chi connectivity index (χ3v) is 7.11. The van der Waals surface area contributed by atoms with E-state index in [4.69, 9.17) is 9.47 Å². The van der Waals surface area contributed by atoms with Crippen molar-refractivity contribution in [2.45, 2.75) is 30.8 Å². The van der Waals surface area contributed by atoms with Crippen LogP contribution >= 0.6 is 11.8 Å². The highest BCUT2D eigenvalue weighted by Gasteiger charge is 2.44. The van der Waals surface area contributed by atoms with E-state index in [0.717, 1.165) is 16.7 Å². The SMILES string of the molecule is CC1(C)OC(=O)C(CCSC(c2ccccc2)(c2ccccc2)c2ccccc2)C(=O)O1. The van der Waals surface area contributed by atoms with Gasteiger partial charge in [-0.3, -0.25) is 9.59 Å². The Morgan fingerprint density at radius 3 is 1.47 bits per heavy atom. The van der Waals surface area contributed by atoms with Gasteiger partial charge in [-0.15, -0.1) is 11.8 Å². The van der Waals surface area contributed by atoms with Gasteiger partial charge in [0, 0.05) is 13.8 Å². The minimum atomic E-state index is -1.21. The molecule has 0 aromatic heterocycles. The van der Waals surface area contributed by atoms with Crippen LogP contribution in [0.3, 0.4) is 0 Å². The van der Waals surface area contributed by atoms with E-state index < -0.39 is 28.4 Å². The van der Waals surface area contributed by atoms with Gasteiger partial charge < -0.3 is 9.47 Å². The Morgan fingerprint density at radius 2 is 1.09 bits per heavy atom. The summed E-state index contributed by atoms with van der Waals surface area (Å²) in [6.45, 7) is 3.14. The second kappa shape index (κ2) is 9.21. The molecule has 1 aliphatic heterocycles. The molecule has 0 spiro atoms. The van der Waals surface area contributed by atoms with Crippen LogP contribution in [-0.2, 0) is 23.8 Å². The van der Waals surface area contributed by atoms with Gasteiger partial charge in [-0.05, 0) is 28.9 Å². The lowest BCUT2D eigenvalue weighted by molar-refractivity contribution is -0.239. The number of thioether (sulfide) groups is 1. The van der Waals surface area contributed by atoms with Crippen molar-refractivity contribution in [2.75, 3.05) is 5.75 Å². The summed E-state index contributed by atoms with van der Waals surface area (Å²) in [5.41, 5.74) is 3.41. The maximum absolute atomic E-state index is 12.5. The zero-order valence-electron chi connectivity index (χ0n) is 18.2. The summed E-state index contributed by atoms with van der Waals surface area (Å²) in [6.07, 6.45) is 0.340. The maximum Gasteiger partial charge on any atom is 0.323 e. The summed E-state index contributed by atoms with van der Waals surface area (Å²) < 4.78 is 10.1. The first-order valence-corrected chi connectivity index (χ1v) is 11.7. The highest BCUT2D eigenvalue weighted by atomic mass is 32.2. The Kier molecular flexibility index (Phi) is 6.38. The number of hydrogen-bond acceptors (Lipinski definition) is 5. The molecule has 5 heteroatoms. The van der Waals surface area contributed by atoms with Gasteiger partial charge in [0.05, 0.1) is 4.75 Å². The Bertz CT molecular complexity index is 948. The zero-order valence-corrected chi connectivity index (χ0v) is 19.0. The fourth-order valence-corrected chi connectivity index (χ4v) is 5.65. The molecule has 1 aliphatic rings. The van der Waals surface area contributed by atoms with E-state index in [1.165, 1.54) is 0 Å². The maximum atomic E-state index is 12.5. The van der Waals surface area contributed by atoms with Gasteiger partial charge in [-0.1, -0.05) is 91.0 Å². The second-order valence-electron chi connectivity index (χ2n) is 8.21. The van der Waals surface area contributed by atoms with Crippen LogP contribution in [0.4, 0.5) is 0 Å². The molecule has 0 radical (unpaired) electrons. The van der Waals surface area contributed by atoms with Crippen LogP contribution in [0.1, 0.15) is 37.0 Å². The molecule has 0 saturated carbocycles. The van der Waals surface area contributed by atoms with Crippen molar-refractivity contribution in [2.24, 2.45) is 5.92 Å². The summed E-state index contributed by atoms with van der Waals surface area (Å²) in [5.74, 6) is -2.59. The van der Waals surface area contributed by atoms with Crippen LogP contribution in [-0.4, -0.2) is 23.5 Å². The van der Waals surface area contributed by atoms with Crippen molar-refractivity contribution in [1.29, 1.82) is 0 Å². The number of rotatable bonds is 7. The summed E-state index contributed by atoms with van der Waals surface area (Å²) in [6, 6.07) is 31.0. The number of hydrogen-bond donors (Lipinski definition) is 0. The Balaban J connectivity index is 1.69. The van der Waals surface area contributed by atoms with Crippen molar-refractivity contribution in [3.8, 4) is 0 Å². The van der Waals surface area contributed by atoms with Crippen molar-refractivity contribution < 1.29 is 19.1 Å². The minimum absolute atomic E-state index is 0.340. The Morgan fingerprint density at radius 1 is 0.719 bits per heavy atom. The molecule has 0 unspecified atom stereocenters. The highest BCUT2D eigenvalue weighted by Crippen LogP contribution is 2.49. The first kappa shape index (κ1) is 22.2. The van der Waals surface area contributed by atoms with Crippen molar-refractivity contribution in [3.63, 3.8) is 0 Å². The average Bonchev–Trinajstić information content (AvgIpc) is 2.79. The first-order valence-electron chi connectivity index (χ1n) is 10.7. The van der Waals surface area contributed by atoms with Crippen LogP contribution < -0.4 is 0 Å². The molecule has 0 N–H and O–H groups in total. The van der Waals surface area contributed by atoms with E-state index in [2.05, 4.69) is 36.4 Å². The monoisotopic (exact) mass is 446 g/mol. The molecule has 4 rings (SSSR count). The molecule has 32 heavy (non-hydrogen) atoms. The van der Waals surface area contributed by atoms with Crippen molar-refractivity contribution >= 4 is 23.7 Å². The lowest BCUT2D eigenvalue weighted by Gasteiger charge is -2.36. The van der Waals surface area contributed by atoms with Crippen molar-refractivity contribution in [1.82, 2.24) is 0 Å². The van der Waals surface area contributed by atoms with E-state index in [1.807, 2.05) is 54.6 Å². The van der Waals surface area contributed by atoms with E-state index >= 15 is 0 Å². The Hall–Kier alpha value is -3.05. The summed E-state index contributed by atoms with van der Waals surface area (Å²) in [4.78, 5) is 24.9. The van der Waals surface area contributed by atoms with E-state index in [1.54, 1.807) is 25.6 Å². The summed E-state index contributed by atoms with van der Waals surface area (Å²) in [7, 11) is 0. The van der Waals surface area contributed by atoms with Gasteiger partial charge in [0.25, 0.3) is 5.79 Å². The Labute approximate surface area is 192 Å². The smallest absolute Gasteiger partial charge is 0.323 e. The molecular formula is C27H26O4S. The number of esters is 2. The molecule has 1 heterocycles. The lowest BCUT2D eigenvalue weighted by atomic mass is 9.84.